The highest BCUT2D eigenvalue weighted by atomic mass is 32.2. The summed E-state index contributed by atoms with van der Waals surface area (Å²) in [6.07, 6.45) is 1.36. The average molecular weight is 346 g/mol. The summed E-state index contributed by atoms with van der Waals surface area (Å²) in [5, 5.41) is 4.00. The van der Waals surface area contributed by atoms with E-state index < -0.39 is 10.0 Å². The predicted molar refractivity (Wildman–Crippen MR) is 95.9 cm³/mol. The van der Waals surface area contributed by atoms with E-state index in [4.69, 9.17) is 4.74 Å². The van der Waals surface area contributed by atoms with Gasteiger partial charge in [0, 0.05) is 5.71 Å². The van der Waals surface area contributed by atoms with Crippen molar-refractivity contribution in [2.24, 2.45) is 5.10 Å². The van der Waals surface area contributed by atoms with Gasteiger partial charge >= 0.3 is 0 Å². The third-order valence-corrected chi connectivity index (χ3v) is 4.86. The van der Waals surface area contributed by atoms with Gasteiger partial charge in [-0.25, -0.2) is 4.83 Å². The Balaban J connectivity index is 1.99. The van der Waals surface area contributed by atoms with Crippen molar-refractivity contribution in [2.75, 3.05) is 7.11 Å². The van der Waals surface area contributed by atoms with Crippen LogP contribution in [-0.2, 0) is 16.4 Å². The van der Waals surface area contributed by atoms with Gasteiger partial charge < -0.3 is 4.74 Å². The number of benzene rings is 2. The summed E-state index contributed by atoms with van der Waals surface area (Å²) < 4.78 is 29.7. The second-order valence-corrected chi connectivity index (χ2v) is 7.23. The van der Waals surface area contributed by atoms with Crippen LogP contribution in [0.3, 0.4) is 0 Å². The molecule has 0 heterocycles. The summed E-state index contributed by atoms with van der Waals surface area (Å²) in [6, 6.07) is 14.4. The van der Waals surface area contributed by atoms with E-state index in [2.05, 4.69) is 9.93 Å². The number of hydrogen-bond donors (Lipinski definition) is 1. The quantitative estimate of drug-likeness (QED) is 0.618. The number of hydrogen-bond acceptors (Lipinski definition) is 4. The summed E-state index contributed by atoms with van der Waals surface area (Å²) in [5.74, 6) is 0.825. The molecule has 6 heteroatoms. The Bertz CT molecular complexity index is 812. The highest BCUT2D eigenvalue weighted by molar-refractivity contribution is 7.89. The molecule has 5 nitrogen and oxygen atoms in total. The monoisotopic (exact) mass is 346 g/mol. The molecule has 0 aliphatic carbocycles. The summed E-state index contributed by atoms with van der Waals surface area (Å²) in [4.78, 5) is 2.49. The second-order valence-electron chi connectivity index (χ2n) is 5.57. The second kappa shape index (κ2) is 7.97. The van der Waals surface area contributed by atoms with Gasteiger partial charge in [-0.3, -0.25) is 0 Å². The van der Waals surface area contributed by atoms with Crippen molar-refractivity contribution in [1.82, 2.24) is 4.83 Å². The molecule has 0 saturated heterocycles. The Labute approximate surface area is 143 Å². The molecule has 2 aromatic rings. The molecule has 1 N–H and O–H groups in total. The zero-order valence-corrected chi connectivity index (χ0v) is 14.9. The third-order valence-electron chi connectivity index (χ3n) is 3.64. The molecule has 0 atom stereocenters. The van der Waals surface area contributed by atoms with Crippen molar-refractivity contribution in [3.05, 3.63) is 59.7 Å². The Morgan fingerprint density at radius 2 is 1.79 bits per heavy atom. The molecule has 2 aromatic carbocycles. The lowest BCUT2D eigenvalue weighted by Crippen LogP contribution is -2.19. The van der Waals surface area contributed by atoms with Crippen molar-refractivity contribution >= 4 is 15.7 Å². The molecule has 0 aromatic heterocycles. The first kappa shape index (κ1) is 18.0. The van der Waals surface area contributed by atoms with Crippen molar-refractivity contribution in [3.63, 3.8) is 0 Å². The fraction of sp³-hybridized carbons (Fsp3) is 0.278. The normalized spacial score (nSPS) is 12.0. The van der Waals surface area contributed by atoms with Gasteiger partial charge in [-0.2, -0.15) is 13.5 Å². The zero-order chi connectivity index (χ0) is 17.6. The lowest BCUT2D eigenvalue weighted by Gasteiger charge is -2.08. The van der Waals surface area contributed by atoms with E-state index in [0.29, 0.717) is 12.1 Å². The van der Waals surface area contributed by atoms with Crippen LogP contribution in [0.1, 0.15) is 24.5 Å². The zero-order valence-electron chi connectivity index (χ0n) is 14.1. The molecule has 0 spiro atoms. The molecule has 0 saturated carbocycles. The highest BCUT2D eigenvalue weighted by Gasteiger charge is 2.12. The molecule has 0 aliphatic rings. The van der Waals surface area contributed by atoms with Gasteiger partial charge in [-0.1, -0.05) is 35.9 Å². The molecule has 0 amide bonds. The Morgan fingerprint density at radius 1 is 1.12 bits per heavy atom. The van der Waals surface area contributed by atoms with Gasteiger partial charge in [-0.05, 0) is 50.5 Å². The summed E-state index contributed by atoms with van der Waals surface area (Å²) in [6.45, 7) is 3.71. The van der Waals surface area contributed by atoms with Gasteiger partial charge in [-0.15, -0.1) is 0 Å². The van der Waals surface area contributed by atoms with Crippen molar-refractivity contribution in [2.45, 2.75) is 31.6 Å². The first-order valence-corrected chi connectivity index (χ1v) is 9.14. The molecule has 0 radical (unpaired) electrons. The van der Waals surface area contributed by atoms with E-state index in [1.807, 2.05) is 31.2 Å². The maximum Gasteiger partial charge on any atom is 0.276 e. The minimum atomic E-state index is -3.63. The van der Waals surface area contributed by atoms with Crippen molar-refractivity contribution in [3.8, 4) is 5.75 Å². The number of aryl methyl sites for hydroxylation is 2. The van der Waals surface area contributed by atoms with Crippen LogP contribution < -0.4 is 9.57 Å². The molecule has 0 aliphatic heterocycles. The van der Waals surface area contributed by atoms with Gasteiger partial charge in [0.05, 0.1) is 12.0 Å². The maximum atomic E-state index is 12.2. The Hall–Kier alpha value is -2.34. The van der Waals surface area contributed by atoms with Gasteiger partial charge in [0.1, 0.15) is 5.75 Å². The van der Waals surface area contributed by atoms with E-state index in [9.17, 15) is 8.42 Å². The first-order chi connectivity index (χ1) is 11.4. The van der Waals surface area contributed by atoms with Crippen LogP contribution in [0.5, 0.6) is 5.75 Å². The number of hydrazone groups is 1. The lowest BCUT2D eigenvalue weighted by molar-refractivity contribution is 0.410. The molecule has 24 heavy (non-hydrogen) atoms. The molecule has 128 valence electrons. The highest BCUT2D eigenvalue weighted by Crippen LogP contribution is 2.19. The van der Waals surface area contributed by atoms with Crippen molar-refractivity contribution < 1.29 is 13.2 Å². The number of ether oxygens (including phenoxy) is 1. The number of rotatable bonds is 7. The number of methoxy groups -OCH3 is 1. The summed E-state index contributed by atoms with van der Waals surface area (Å²) in [7, 11) is -2.00. The number of sulfonamides is 1. The van der Waals surface area contributed by atoms with Crippen LogP contribution in [0.2, 0.25) is 0 Å². The smallest absolute Gasteiger partial charge is 0.276 e. The fourth-order valence-electron chi connectivity index (χ4n) is 2.19. The average Bonchev–Trinajstić information content (AvgIpc) is 2.59. The molecular weight excluding hydrogens is 324 g/mol. The van der Waals surface area contributed by atoms with E-state index in [-0.39, 0.29) is 4.90 Å². The van der Waals surface area contributed by atoms with Crippen molar-refractivity contribution in [1.29, 1.82) is 0 Å². The largest absolute Gasteiger partial charge is 0.496 e. The fourth-order valence-corrected chi connectivity index (χ4v) is 3.06. The van der Waals surface area contributed by atoms with Gasteiger partial charge in [0.25, 0.3) is 10.0 Å². The lowest BCUT2D eigenvalue weighted by atomic mass is 10.1. The van der Waals surface area contributed by atoms with E-state index in [0.717, 1.165) is 23.3 Å². The van der Waals surface area contributed by atoms with E-state index in [1.165, 1.54) is 0 Å². The summed E-state index contributed by atoms with van der Waals surface area (Å²) in [5.41, 5.74) is 2.78. The van der Waals surface area contributed by atoms with Crippen LogP contribution in [0.25, 0.3) is 0 Å². The molecule has 0 fully saturated rings. The Kier molecular flexibility index (Phi) is 5.98. The standard InChI is InChI=1S/C18H22N2O3S/c1-14-8-12-17(13-9-14)24(21,22)20-19-15(2)10-11-16-6-4-5-7-18(16)23-3/h4-9,12-13,20H,10-11H2,1-3H3/b19-15-. The van der Waals surface area contributed by atoms with Crippen LogP contribution in [0, 0.1) is 6.92 Å². The molecule has 2 rings (SSSR count). The number of nitrogens with one attached hydrogen (secondary N) is 1. The minimum absolute atomic E-state index is 0.203. The van der Waals surface area contributed by atoms with Crippen LogP contribution in [0.4, 0.5) is 0 Å². The summed E-state index contributed by atoms with van der Waals surface area (Å²) >= 11 is 0. The Morgan fingerprint density at radius 3 is 2.46 bits per heavy atom. The SMILES string of the molecule is COc1ccccc1CC/C(C)=N\NS(=O)(=O)c1ccc(C)cc1. The first-order valence-electron chi connectivity index (χ1n) is 7.66. The maximum absolute atomic E-state index is 12.2. The molecule has 0 bridgehead atoms. The van der Waals surface area contributed by atoms with E-state index >= 15 is 0 Å². The van der Waals surface area contributed by atoms with Crippen LogP contribution in [-0.4, -0.2) is 21.2 Å². The minimum Gasteiger partial charge on any atom is -0.496 e. The molecule has 0 unspecified atom stereocenters. The molecular formula is C18H22N2O3S. The predicted octanol–water partition coefficient (Wildman–Crippen LogP) is 3.29. The third kappa shape index (κ3) is 4.83. The number of para-hydroxylation sites is 1. The van der Waals surface area contributed by atoms with Crippen LogP contribution in [0.15, 0.2) is 58.5 Å². The van der Waals surface area contributed by atoms with Gasteiger partial charge in [0.2, 0.25) is 0 Å². The van der Waals surface area contributed by atoms with E-state index in [1.54, 1.807) is 38.3 Å². The topological polar surface area (TPSA) is 67.8 Å². The number of nitrogens with zero attached hydrogens (tertiary/aromatic N) is 1. The van der Waals surface area contributed by atoms with Crippen LogP contribution >= 0.6 is 0 Å². The van der Waals surface area contributed by atoms with Gasteiger partial charge in [0.15, 0.2) is 0 Å².